The van der Waals surface area contributed by atoms with Gasteiger partial charge in [-0.2, -0.15) is 0 Å². The van der Waals surface area contributed by atoms with E-state index in [2.05, 4.69) is 15.4 Å². The Morgan fingerprint density at radius 3 is 2.26 bits per heavy atom. The summed E-state index contributed by atoms with van der Waals surface area (Å²) in [5.74, 6) is -0.109. The number of benzene rings is 1. The summed E-state index contributed by atoms with van der Waals surface area (Å²) in [6.45, 7) is 2.09. The maximum Gasteiger partial charge on any atom is 0.240 e. The molecule has 1 unspecified atom stereocenters. The van der Waals surface area contributed by atoms with Gasteiger partial charge in [-0.3, -0.25) is 4.79 Å². The van der Waals surface area contributed by atoms with E-state index >= 15 is 0 Å². The van der Waals surface area contributed by atoms with Crippen LogP contribution in [0.15, 0.2) is 29.2 Å². The molecule has 0 saturated heterocycles. The number of nitrogens with one attached hydrogen (secondary N) is 3. The molecular formula is C12H19N3O3S. The molecule has 0 radical (unpaired) electrons. The Hall–Kier alpha value is -1.44. The van der Waals surface area contributed by atoms with Crippen molar-refractivity contribution >= 4 is 15.9 Å². The molecule has 0 fully saturated rings. The van der Waals surface area contributed by atoms with Crippen LogP contribution in [0, 0.1) is 0 Å². The highest BCUT2D eigenvalue weighted by molar-refractivity contribution is 7.89. The Kier molecular flexibility index (Phi) is 5.46. The first-order valence-corrected chi connectivity index (χ1v) is 7.36. The zero-order chi connectivity index (χ0) is 14.5. The van der Waals surface area contributed by atoms with Crippen LogP contribution in [-0.4, -0.2) is 35.0 Å². The smallest absolute Gasteiger partial charge is 0.240 e. The number of likely N-dealkylation sites (N-methyl/N-ethyl adjacent to an activating group) is 1. The van der Waals surface area contributed by atoms with Crippen LogP contribution in [0.1, 0.15) is 18.5 Å². The second kappa shape index (κ2) is 6.65. The highest BCUT2D eigenvalue weighted by Crippen LogP contribution is 2.15. The first-order valence-electron chi connectivity index (χ1n) is 5.88. The van der Waals surface area contributed by atoms with Gasteiger partial charge in [0.15, 0.2) is 0 Å². The standard InChI is InChI=1S/C12H19N3O3S/c1-9(15-12(16)8-13-2)10-4-6-11(7-5-10)19(17,18)14-3/h4-7,9,13-14H,8H2,1-3H3,(H,15,16). The van der Waals surface area contributed by atoms with Gasteiger partial charge >= 0.3 is 0 Å². The Labute approximate surface area is 113 Å². The summed E-state index contributed by atoms with van der Waals surface area (Å²) >= 11 is 0. The highest BCUT2D eigenvalue weighted by Gasteiger charge is 2.13. The summed E-state index contributed by atoms with van der Waals surface area (Å²) in [5, 5.41) is 5.56. The minimum Gasteiger partial charge on any atom is -0.348 e. The van der Waals surface area contributed by atoms with E-state index in [0.29, 0.717) is 0 Å². The first-order chi connectivity index (χ1) is 8.90. The number of sulfonamides is 1. The zero-order valence-corrected chi connectivity index (χ0v) is 12.0. The van der Waals surface area contributed by atoms with E-state index in [1.165, 1.54) is 19.2 Å². The van der Waals surface area contributed by atoms with E-state index in [1.54, 1.807) is 19.2 Å². The summed E-state index contributed by atoms with van der Waals surface area (Å²) in [7, 11) is -0.359. The Morgan fingerprint density at radius 1 is 1.21 bits per heavy atom. The number of carbonyl (C=O) groups excluding carboxylic acids is 1. The molecule has 0 heterocycles. The van der Waals surface area contributed by atoms with Crippen molar-refractivity contribution in [2.45, 2.75) is 17.9 Å². The summed E-state index contributed by atoms with van der Waals surface area (Å²) in [6.07, 6.45) is 0. The van der Waals surface area contributed by atoms with Crippen LogP contribution in [0.5, 0.6) is 0 Å². The van der Waals surface area contributed by atoms with Gasteiger partial charge in [0.25, 0.3) is 0 Å². The maximum absolute atomic E-state index is 11.6. The minimum absolute atomic E-state index is 0.109. The molecule has 6 nitrogen and oxygen atoms in total. The predicted octanol–water partition coefficient (Wildman–Crippen LogP) is -0.00870. The molecule has 0 aliphatic rings. The quantitative estimate of drug-likeness (QED) is 0.686. The van der Waals surface area contributed by atoms with Gasteiger partial charge in [-0.05, 0) is 38.7 Å². The molecule has 7 heteroatoms. The molecule has 0 saturated carbocycles. The van der Waals surface area contributed by atoms with Crippen LogP contribution in [0.25, 0.3) is 0 Å². The van der Waals surface area contributed by atoms with Gasteiger partial charge in [-0.15, -0.1) is 0 Å². The number of rotatable bonds is 6. The second-order valence-electron chi connectivity index (χ2n) is 4.10. The third-order valence-corrected chi connectivity index (χ3v) is 4.10. The molecule has 1 atom stereocenters. The average Bonchev–Trinajstić information content (AvgIpc) is 2.39. The SMILES string of the molecule is CNCC(=O)NC(C)c1ccc(S(=O)(=O)NC)cc1. The third-order valence-electron chi connectivity index (χ3n) is 2.67. The maximum atomic E-state index is 11.6. The molecule has 1 aromatic rings. The lowest BCUT2D eigenvalue weighted by molar-refractivity contribution is -0.120. The lowest BCUT2D eigenvalue weighted by atomic mass is 10.1. The molecule has 19 heavy (non-hydrogen) atoms. The fraction of sp³-hybridized carbons (Fsp3) is 0.417. The van der Waals surface area contributed by atoms with E-state index in [9.17, 15) is 13.2 Å². The van der Waals surface area contributed by atoms with Crippen molar-refractivity contribution in [2.75, 3.05) is 20.6 Å². The van der Waals surface area contributed by atoms with Gasteiger partial charge in [0.1, 0.15) is 0 Å². The van der Waals surface area contributed by atoms with Gasteiger partial charge in [-0.25, -0.2) is 13.1 Å². The van der Waals surface area contributed by atoms with Crippen molar-refractivity contribution in [3.8, 4) is 0 Å². The fourth-order valence-corrected chi connectivity index (χ4v) is 2.32. The van der Waals surface area contributed by atoms with Gasteiger partial charge in [0.05, 0.1) is 17.5 Å². The van der Waals surface area contributed by atoms with Crippen LogP contribution in [-0.2, 0) is 14.8 Å². The molecule has 0 aliphatic carbocycles. The molecule has 1 rings (SSSR count). The monoisotopic (exact) mass is 285 g/mol. The Bertz CT molecular complexity index is 526. The van der Waals surface area contributed by atoms with Crippen molar-refractivity contribution in [2.24, 2.45) is 0 Å². The molecular weight excluding hydrogens is 266 g/mol. The zero-order valence-electron chi connectivity index (χ0n) is 11.2. The molecule has 106 valence electrons. The van der Waals surface area contributed by atoms with Crippen LogP contribution in [0.2, 0.25) is 0 Å². The van der Waals surface area contributed by atoms with Crippen molar-refractivity contribution in [3.05, 3.63) is 29.8 Å². The number of carbonyl (C=O) groups is 1. The summed E-state index contributed by atoms with van der Waals surface area (Å²) in [4.78, 5) is 11.6. The molecule has 0 aliphatic heterocycles. The Balaban J connectivity index is 2.79. The van der Waals surface area contributed by atoms with Crippen molar-refractivity contribution in [1.29, 1.82) is 0 Å². The van der Waals surface area contributed by atoms with Gasteiger partial charge < -0.3 is 10.6 Å². The first kappa shape index (κ1) is 15.6. The van der Waals surface area contributed by atoms with Gasteiger partial charge in [-0.1, -0.05) is 12.1 Å². The fourth-order valence-electron chi connectivity index (χ4n) is 1.59. The lowest BCUT2D eigenvalue weighted by Gasteiger charge is -2.14. The van der Waals surface area contributed by atoms with Crippen LogP contribution in [0.3, 0.4) is 0 Å². The summed E-state index contributed by atoms with van der Waals surface area (Å²) < 4.78 is 25.4. The van der Waals surface area contributed by atoms with Crippen LogP contribution >= 0.6 is 0 Å². The molecule has 3 N–H and O–H groups in total. The van der Waals surface area contributed by atoms with E-state index in [-0.39, 0.29) is 23.4 Å². The normalized spacial score (nSPS) is 13.0. The van der Waals surface area contributed by atoms with Crippen LogP contribution in [0.4, 0.5) is 0 Å². The van der Waals surface area contributed by atoms with Crippen molar-refractivity contribution in [1.82, 2.24) is 15.4 Å². The lowest BCUT2D eigenvalue weighted by Crippen LogP contribution is -2.33. The predicted molar refractivity (Wildman–Crippen MR) is 73.2 cm³/mol. The Morgan fingerprint density at radius 2 is 1.79 bits per heavy atom. The second-order valence-corrected chi connectivity index (χ2v) is 5.98. The van der Waals surface area contributed by atoms with E-state index in [4.69, 9.17) is 0 Å². The average molecular weight is 285 g/mol. The van der Waals surface area contributed by atoms with Crippen molar-refractivity contribution < 1.29 is 13.2 Å². The number of amides is 1. The largest absolute Gasteiger partial charge is 0.348 e. The topological polar surface area (TPSA) is 87.3 Å². The van der Waals surface area contributed by atoms with Gasteiger partial charge in [0, 0.05) is 0 Å². The minimum atomic E-state index is -3.42. The molecule has 0 bridgehead atoms. The van der Waals surface area contributed by atoms with E-state index in [1.807, 2.05) is 6.92 Å². The van der Waals surface area contributed by atoms with E-state index in [0.717, 1.165) is 5.56 Å². The van der Waals surface area contributed by atoms with Crippen molar-refractivity contribution in [3.63, 3.8) is 0 Å². The van der Waals surface area contributed by atoms with Gasteiger partial charge in [0.2, 0.25) is 15.9 Å². The van der Waals surface area contributed by atoms with Crippen LogP contribution < -0.4 is 15.4 Å². The van der Waals surface area contributed by atoms with E-state index < -0.39 is 10.0 Å². The molecule has 1 aromatic carbocycles. The third kappa shape index (κ3) is 4.30. The molecule has 0 aromatic heterocycles. The summed E-state index contributed by atoms with van der Waals surface area (Å²) in [6, 6.07) is 6.24. The number of hydrogen-bond acceptors (Lipinski definition) is 4. The highest BCUT2D eigenvalue weighted by atomic mass is 32.2. The molecule has 0 spiro atoms. The summed E-state index contributed by atoms with van der Waals surface area (Å²) in [5.41, 5.74) is 0.847. The molecule has 1 amide bonds. The number of hydrogen-bond donors (Lipinski definition) is 3.